The van der Waals surface area contributed by atoms with Gasteiger partial charge in [0.25, 0.3) is 0 Å². The van der Waals surface area contributed by atoms with Gasteiger partial charge in [0, 0.05) is 78.5 Å². The number of ether oxygens (including phenoxy) is 1. The molecule has 24 fully saturated rings. The molecule has 2 N–H and O–H groups in total. The number of nitrogens with zero attached hydrogens (tertiary/aromatic N) is 4. The van der Waals surface area contributed by atoms with Crippen molar-refractivity contribution in [3.8, 4) is 0 Å². The maximum Gasteiger partial charge on any atom is 0.0612 e. The van der Waals surface area contributed by atoms with Crippen molar-refractivity contribution in [3.63, 3.8) is 0 Å². The Labute approximate surface area is 712 Å². The van der Waals surface area contributed by atoms with Crippen LogP contribution in [0.1, 0.15) is 431 Å². The van der Waals surface area contributed by atoms with Crippen LogP contribution in [0, 0.1) is 147 Å². The van der Waals surface area contributed by atoms with Gasteiger partial charge in [0.2, 0.25) is 0 Å². The van der Waals surface area contributed by atoms with E-state index in [2.05, 4.69) is 44.1 Å². The molecule has 7 heterocycles. The van der Waals surface area contributed by atoms with E-state index in [1.807, 2.05) is 0 Å². The van der Waals surface area contributed by atoms with E-state index < -0.39 is 0 Å². The molecular formula is C109H180N6O. The van der Waals surface area contributed by atoms with Crippen LogP contribution >= 0.6 is 0 Å². The molecule has 7 saturated heterocycles. The summed E-state index contributed by atoms with van der Waals surface area (Å²) in [5, 5.41) is 8.73. The smallest absolute Gasteiger partial charge is 0.0612 e. The quantitative estimate of drug-likeness (QED) is 0.226. The van der Waals surface area contributed by atoms with Crippen molar-refractivity contribution in [2.75, 3.05) is 6.54 Å². The summed E-state index contributed by atoms with van der Waals surface area (Å²) in [6.07, 6.45) is 102. The van der Waals surface area contributed by atoms with E-state index in [4.69, 9.17) is 4.74 Å². The largest absolute Gasteiger partial charge is 0.374 e. The van der Waals surface area contributed by atoms with E-state index in [9.17, 15) is 0 Å². The number of hydrogen-bond donors (Lipinski definition) is 2. The molecule has 0 aromatic heterocycles. The van der Waals surface area contributed by atoms with Gasteiger partial charge in [-0.05, 0) is 404 Å². The summed E-state index contributed by atoms with van der Waals surface area (Å²) < 4.78 is 6.81. The first kappa shape index (κ1) is 80.3. The number of fused-ring (bicyclic) bond motifs is 18. The van der Waals surface area contributed by atoms with E-state index in [0.29, 0.717) is 23.8 Å². The molecule has 0 amide bonds. The van der Waals surface area contributed by atoms with Crippen molar-refractivity contribution in [2.45, 2.75) is 528 Å². The summed E-state index contributed by atoms with van der Waals surface area (Å²) in [6.45, 7) is 6.75. The molecule has 0 radical (unpaired) electrons. The van der Waals surface area contributed by atoms with Crippen LogP contribution in [0.15, 0.2) is 0 Å². The minimum atomic E-state index is 0.606. The van der Waals surface area contributed by atoms with Gasteiger partial charge >= 0.3 is 0 Å². The van der Waals surface area contributed by atoms with E-state index in [1.165, 1.54) is 218 Å². The van der Waals surface area contributed by atoms with Crippen LogP contribution in [0.2, 0.25) is 0 Å². The maximum absolute atomic E-state index is 6.81. The lowest BCUT2D eigenvalue weighted by Crippen LogP contribution is -2.61. The van der Waals surface area contributed by atoms with Crippen LogP contribution in [-0.2, 0) is 4.74 Å². The Kier molecular flexibility index (Phi) is 24.0. The standard InChI is InChI=1S/C56H93N3.C53H87N3O/c1-56(2)49-19-9-6-16-43(49)46-35-41(25-26-50(46)56)58-52-21-10-7-17-44(52)47-33-37(23-27-54(47)58)38-24-28-55-48(34-38)45-18-8-11-22-53(45)59(55)42-31-39(36-14-4-3-5-15-36)30-40(32-42)51-20-12-13-29-57-51;1-3-13-34(14-4-1)38-31-46(35-15-5-2-6-16-35)54-53(32-38)56-48-21-11-8-18-41(48)44-30-37(24-27-50(44)56)36-23-26-49-43(29-36)40-17-7-10-20-47(40)55(49)39-25-28-52-45(33-39)42-19-9-12-22-51(42)57-52/h36-55,57H,3-35H2,1-2H3;34-54H,1-33H2. The molecule has 24 aliphatic rings. The third-order valence-corrected chi connectivity index (χ3v) is 45.6. The molecule has 0 aromatic rings. The second kappa shape index (κ2) is 34.7. The molecule has 37 atom stereocenters. The fourth-order valence-electron chi connectivity index (χ4n) is 41.2. The topological polar surface area (TPSA) is 46.2 Å². The predicted octanol–water partition coefficient (Wildman–Crippen LogP) is 25.7. The predicted molar refractivity (Wildman–Crippen MR) is 478 cm³/mol. The highest BCUT2D eigenvalue weighted by atomic mass is 16.5. The van der Waals surface area contributed by atoms with E-state index in [-0.39, 0.29) is 0 Å². The molecule has 17 aliphatic carbocycles. The Morgan fingerprint density at radius 2 is 0.612 bits per heavy atom. The second-order valence-corrected chi connectivity index (χ2v) is 50.1. The zero-order chi connectivity index (χ0) is 76.7. The Morgan fingerprint density at radius 3 is 1.15 bits per heavy atom. The van der Waals surface area contributed by atoms with Gasteiger partial charge < -0.3 is 10.1 Å². The van der Waals surface area contributed by atoms with Gasteiger partial charge in [-0.25, -0.2) is 0 Å². The van der Waals surface area contributed by atoms with Gasteiger partial charge in [-0.3, -0.25) is 24.9 Å². The van der Waals surface area contributed by atoms with E-state index in [1.54, 1.807) is 205 Å². The monoisotopic (exact) mass is 1590 g/mol. The van der Waals surface area contributed by atoms with E-state index in [0.717, 1.165) is 221 Å². The van der Waals surface area contributed by atoms with Crippen LogP contribution in [0.3, 0.4) is 0 Å². The fourth-order valence-corrected chi connectivity index (χ4v) is 41.2. The van der Waals surface area contributed by atoms with Gasteiger partial charge in [0.1, 0.15) is 0 Å². The highest BCUT2D eigenvalue weighted by Gasteiger charge is 2.64. The Bertz CT molecular complexity index is 3150. The lowest BCUT2D eigenvalue weighted by atomic mass is 9.62. The van der Waals surface area contributed by atoms with Crippen LogP contribution < -0.4 is 10.6 Å². The number of nitrogens with one attached hydrogen (secondary N) is 2. The van der Waals surface area contributed by atoms with E-state index >= 15 is 0 Å². The Morgan fingerprint density at radius 1 is 0.216 bits per heavy atom. The van der Waals surface area contributed by atoms with Crippen molar-refractivity contribution >= 4 is 0 Å². The molecule has 24 rings (SSSR count). The minimum absolute atomic E-state index is 0.606. The van der Waals surface area contributed by atoms with Crippen molar-refractivity contribution < 1.29 is 4.74 Å². The number of rotatable bonds is 10. The minimum Gasteiger partial charge on any atom is -0.374 e. The first-order valence-corrected chi connectivity index (χ1v) is 55.5. The van der Waals surface area contributed by atoms with Crippen molar-refractivity contribution in [3.05, 3.63) is 0 Å². The summed E-state index contributed by atoms with van der Waals surface area (Å²) in [5.74, 6) is 24.4. The van der Waals surface area contributed by atoms with Crippen LogP contribution in [0.25, 0.3) is 0 Å². The number of hydrogen-bond acceptors (Lipinski definition) is 7. The first-order valence-electron chi connectivity index (χ1n) is 55.5. The fraction of sp³-hybridized carbons (Fsp3) is 1.00. The Hall–Kier alpha value is -0.280. The number of likely N-dealkylation sites (tertiary alicyclic amines) is 4. The molecule has 7 nitrogen and oxygen atoms in total. The molecule has 17 saturated carbocycles. The normalized spacial score (nSPS) is 52.9. The molecule has 116 heavy (non-hydrogen) atoms. The third-order valence-electron chi connectivity index (χ3n) is 45.6. The zero-order valence-corrected chi connectivity index (χ0v) is 75.5. The Balaban J connectivity index is 0.000000137. The van der Waals surface area contributed by atoms with Gasteiger partial charge in [-0.15, -0.1) is 0 Å². The molecule has 7 aliphatic heterocycles. The van der Waals surface area contributed by atoms with Gasteiger partial charge in [0.05, 0.1) is 18.4 Å². The average Bonchev–Trinajstić information content (AvgIpc) is 1.58. The van der Waals surface area contributed by atoms with Crippen molar-refractivity contribution in [2.24, 2.45) is 147 Å². The lowest BCUT2D eigenvalue weighted by Gasteiger charge is -2.51. The molecule has 0 aromatic carbocycles. The van der Waals surface area contributed by atoms with Gasteiger partial charge in [-0.1, -0.05) is 181 Å². The molecule has 37 unspecified atom stereocenters. The van der Waals surface area contributed by atoms with Crippen LogP contribution in [-0.4, -0.2) is 123 Å². The van der Waals surface area contributed by atoms with Crippen LogP contribution in [0.5, 0.6) is 0 Å². The molecule has 7 heteroatoms. The summed E-state index contributed by atoms with van der Waals surface area (Å²) in [4.78, 5) is 13.5. The molecule has 0 spiro atoms. The molecular weight excluding hydrogens is 1410 g/mol. The third kappa shape index (κ3) is 14.9. The summed E-state index contributed by atoms with van der Waals surface area (Å²) in [7, 11) is 0. The SMILES string of the molecule is C1CCC(C2CC(C3CCCCC3)NC(N3C4CCCCC4C4CC(C5CCC6C(C5)C5CCCCC5N6C5CCC6OC7CCCCC7C6C5)CCC43)C2)CC1.CC1(C)C2CCCCC2C2CC(N3C4CCCCC4C4CC(C5CCC6C(C5)C5CCCCC5N6C5CC(C6CCCCC6)CC(C6CCCCN6)C5)CCC43)CCC21. The lowest BCUT2D eigenvalue weighted by molar-refractivity contribution is -0.0200. The van der Waals surface area contributed by atoms with Gasteiger partial charge in [0.15, 0.2) is 0 Å². The zero-order valence-electron chi connectivity index (χ0n) is 75.5. The summed E-state index contributed by atoms with van der Waals surface area (Å²) in [5.41, 5.74) is 0.606. The van der Waals surface area contributed by atoms with Crippen LogP contribution in [0.4, 0.5) is 0 Å². The van der Waals surface area contributed by atoms with Crippen molar-refractivity contribution in [1.82, 2.24) is 30.2 Å². The average molecular weight is 1590 g/mol. The second-order valence-electron chi connectivity index (χ2n) is 50.1. The molecule has 652 valence electrons. The summed E-state index contributed by atoms with van der Waals surface area (Å²) >= 11 is 0. The highest BCUT2D eigenvalue weighted by molar-refractivity contribution is 5.16. The van der Waals surface area contributed by atoms with Gasteiger partial charge in [-0.2, -0.15) is 0 Å². The highest BCUT2D eigenvalue weighted by Crippen LogP contribution is 2.67. The maximum atomic E-state index is 6.81. The number of piperidine rings is 2. The first-order chi connectivity index (χ1) is 57.3. The molecule has 0 bridgehead atoms. The summed E-state index contributed by atoms with van der Waals surface area (Å²) in [6, 6.07) is 11.8. The van der Waals surface area contributed by atoms with Crippen molar-refractivity contribution in [1.29, 1.82) is 0 Å².